The predicted octanol–water partition coefficient (Wildman–Crippen LogP) is 2.90. The highest BCUT2D eigenvalue weighted by Crippen LogP contribution is 2.17. The van der Waals surface area contributed by atoms with E-state index < -0.39 is 9.84 Å². The third-order valence-corrected chi connectivity index (χ3v) is 4.03. The Morgan fingerprint density at radius 3 is 2.60 bits per heavy atom. The van der Waals surface area contributed by atoms with Crippen LogP contribution in [0.3, 0.4) is 0 Å². The van der Waals surface area contributed by atoms with Crippen LogP contribution in [-0.4, -0.2) is 32.9 Å². The number of carbonyl (C=O) groups is 1. The Morgan fingerprint density at radius 1 is 1.20 bits per heavy atom. The molecule has 0 fully saturated rings. The summed E-state index contributed by atoms with van der Waals surface area (Å²) < 4.78 is 40.3. The van der Waals surface area contributed by atoms with Crippen LogP contribution in [0, 0.1) is 5.82 Å². The van der Waals surface area contributed by atoms with Gasteiger partial charge in [0.05, 0.1) is 5.75 Å². The van der Waals surface area contributed by atoms with Gasteiger partial charge in [-0.1, -0.05) is 18.2 Å². The highest BCUT2D eigenvalue weighted by Gasteiger charge is 2.04. The van der Waals surface area contributed by atoms with E-state index in [1.807, 2.05) is 0 Å². The Morgan fingerprint density at radius 2 is 1.92 bits per heavy atom. The van der Waals surface area contributed by atoms with Crippen molar-refractivity contribution < 1.29 is 22.3 Å². The fourth-order valence-corrected chi connectivity index (χ4v) is 2.29. The van der Waals surface area contributed by atoms with Crippen LogP contribution in [0.2, 0.25) is 0 Å². The Balaban J connectivity index is 1.92. The summed E-state index contributed by atoms with van der Waals surface area (Å²) in [6, 6.07) is 12.4. The zero-order chi connectivity index (χ0) is 18.3. The lowest BCUT2D eigenvalue weighted by molar-refractivity contribution is -0.111. The molecule has 0 atom stereocenters. The summed E-state index contributed by atoms with van der Waals surface area (Å²) in [6.45, 7) is 0.0424. The van der Waals surface area contributed by atoms with E-state index in [2.05, 4.69) is 5.32 Å². The molecule has 2 aromatic carbocycles. The molecule has 132 valence electrons. The Hall–Kier alpha value is -2.67. The van der Waals surface area contributed by atoms with Gasteiger partial charge in [0.15, 0.2) is 9.84 Å². The minimum atomic E-state index is -3.09. The molecular weight excluding hydrogens is 345 g/mol. The van der Waals surface area contributed by atoms with Crippen molar-refractivity contribution >= 4 is 27.5 Å². The lowest BCUT2D eigenvalue weighted by Gasteiger charge is -2.08. The van der Waals surface area contributed by atoms with Gasteiger partial charge in [0.25, 0.3) is 0 Å². The van der Waals surface area contributed by atoms with Gasteiger partial charge in [-0.25, -0.2) is 12.8 Å². The van der Waals surface area contributed by atoms with Crippen LogP contribution in [0.15, 0.2) is 54.6 Å². The maximum Gasteiger partial charge on any atom is 0.248 e. The van der Waals surface area contributed by atoms with Crippen molar-refractivity contribution in [3.63, 3.8) is 0 Å². The number of hydrogen-bond acceptors (Lipinski definition) is 4. The van der Waals surface area contributed by atoms with E-state index in [1.165, 1.54) is 18.2 Å². The molecule has 0 bridgehead atoms. The van der Waals surface area contributed by atoms with E-state index >= 15 is 0 Å². The summed E-state index contributed by atoms with van der Waals surface area (Å²) in [5, 5.41) is 2.67. The molecule has 0 aromatic heterocycles. The van der Waals surface area contributed by atoms with Crippen LogP contribution in [0.4, 0.5) is 10.1 Å². The molecule has 5 nitrogen and oxygen atoms in total. The zero-order valence-electron chi connectivity index (χ0n) is 13.6. The minimum absolute atomic E-state index is 0.0424. The number of halogens is 1. The van der Waals surface area contributed by atoms with Crippen molar-refractivity contribution in [2.24, 2.45) is 0 Å². The molecule has 2 aromatic rings. The Kier molecular flexibility index (Phi) is 6.30. The van der Waals surface area contributed by atoms with Gasteiger partial charge in [-0.2, -0.15) is 0 Å². The molecule has 0 aliphatic carbocycles. The van der Waals surface area contributed by atoms with Gasteiger partial charge < -0.3 is 10.1 Å². The minimum Gasteiger partial charge on any atom is -0.492 e. The summed E-state index contributed by atoms with van der Waals surface area (Å²) in [7, 11) is -3.09. The molecule has 0 aliphatic rings. The second-order valence-corrected chi connectivity index (χ2v) is 7.64. The number of carbonyl (C=O) groups excluding carboxylic acids is 1. The first-order valence-corrected chi connectivity index (χ1v) is 9.53. The molecule has 0 aliphatic heterocycles. The summed E-state index contributed by atoms with van der Waals surface area (Å²) in [5.74, 6) is -0.305. The van der Waals surface area contributed by atoms with Crippen molar-refractivity contribution in [1.29, 1.82) is 0 Å². The van der Waals surface area contributed by atoms with Crippen molar-refractivity contribution in [2.45, 2.75) is 0 Å². The SMILES string of the molecule is CS(=O)(=O)CCOc1cccc(NC(=O)C=Cc2ccc(F)cc2)c1. The fraction of sp³-hybridized carbons (Fsp3) is 0.167. The third kappa shape index (κ3) is 7.17. The van der Waals surface area contributed by atoms with E-state index in [9.17, 15) is 17.6 Å². The van der Waals surface area contributed by atoms with E-state index in [0.29, 0.717) is 17.0 Å². The normalized spacial score (nSPS) is 11.4. The monoisotopic (exact) mass is 363 g/mol. The molecule has 7 heteroatoms. The van der Waals surface area contributed by atoms with Crippen molar-refractivity contribution in [3.8, 4) is 5.75 Å². The highest BCUT2D eigenvalue weighted by molar-refractivity contribution is 7.90. The fourth-order valence-electron chi connectivity index (χ4n) is 1.90. The number of rotatable bonds is 7. The van der Waals surface area contributed by atoms with Crippen LogP contribution in [0.25, 0.3) is 6.08 Å². The first-order valence-electron chi connectivity index (χ1n) is 7.47. The average Bonchev–Trinajstić information content (AvgIpc) is 2.53. The van der Waals surface area contributed by atoms with E-state index in [4.69, 9.17) is 4.74 Å². The maximum absolute atomic E-state index is 12.8. The number of amides is 1. The van der Waals surface area contributed by atoms with Gasteiger partial charge in [0, 0.05) is 24.1 Å². The molecule has 0 saturated carbocycles. The molecule has 1 amide bonds. The standard InChI is InChI=1S/C18H18FNO4S/c1-25(22,23)12-11-24-17-4-2-3-16(13-17)20-18(21)10-7-14-5-8-15(19)9-6-14/h2-10,13H,11-12H2,1H3,(H,20,21). The van der Waals surface area contributed by atoms with Gasteiger partial charge in [0.1, 0.15) is 18.2 Å². The van der Waals surface area contributed by atoms with Crippen molar-refractivity contribution in [2.75, 3.05) is 23.9 Å². The van der Waals surface area contributed by atoms with Gasteiger partial charge >= 0.3 is 0 Å². The van der Waals surface area contributed by atoms with E-state index in [1.54, 1.807) is 42.5 Å². The zero-order valence-corrected chi connectivity index (χ0v) is 14.4. The lowest BCUT2D eigenvalue weighted by atomic mass is 10.2. The molecular formula is C18H18FNO4S. The second-order valence-electron chi connectivity index (χ2n) is 5.38. The first-order chi connectivity index (χ1) is 11.8. The Labute approximate surface area is 146 Å². The second kappa shape index (κ2) is 8.43. The molecule has 0 saturated heterocycles. The topological polar surface area (TPSA) is 72.5 Å². The molecule has 0 unspecified atom stereocenters. The number of benzene rings is 2. The van der Waals surface area contributed by atoms with Gasteiger partial charge in [0.2, 0.25) is 5.91 Å². The average molecular weight is 363 g/mol. The highest BCUT2D eigenvalue weighted by atomic mass is 32.2. The number of sulfone groups is 1. The molecule has 25 heavy (non-hydrogen) atoms. The number of ether oxygens (including phenoxy) is 1. The smallest absolute Gasteiger partial charge is 0.248 e. The number of hydrogen-bond donors (Lipinski definition) is 1. The largest absolute Gasteiger partial charge is 0.492 e. The molecule has 0 heterocycles. The van der Waals surface area contributed by atoms with Crippen LogP contribution in [-0.2, 0) is 14.6 Å². The molecule has 2 rings (SSSR count). The third-order valence-electron chi connectivity index (χ3n) is 3.12. The Bertz CT molecular complexity index is 861. The van der Waals surface area contributed by atoms with Gasteiger partial charge in [-0.05, 0) is 35.9 Å². The predicted molar refractivity (Wildman–Crippen MR) is 95.7 cm³/mol. The van der Waals surface area contributed by atoms with Crippen LogP contribution >= 0.6 is 0 Å². The van der Waals surface area contributed by atoms with Crippen LogP contribution < -0.4 is 10.1 Å². The van der Waals surface area contributed by atoms with Crippen LogP contribution in [0.5, 0.6) is 5.75 Å². The molecule has 0 radical (unpaired) electrons. The van der Waals surface area contributed by atoms with Gasteiger partial charge in [-0.15, -0.1) is 0 Å². The number of anilines is 1. The lowest BCUT2D eigenvalue weighted by Crippen LogP contribution is -2.12. The summed E-state index contributed by atoms with van der Waals surface area (Å²) in [4.78, 5) is 11.9. The van der Waals surface area contributed by atoms with Crippen molar-refractivity contribution in [3.05, 3.63) is 66.0 Å². The quantitative estimate of drug-likeness (QED) is 0.768. The van der Waals surface area contributed by atoms with Gasteiger partial charge in [-0.3, -0.25) is 4.79 Å². The summed E-state index contributed by atoms with van der Waals surface area (Å²) in [6.07, 6.45) is 4.05. The summed E-state index contributed by atoms with van der Waals surface area (Å²) >= 11 is 0. The van der Waals surface area contributed by atoms with E-state index in [0.717, 1.165) is 6.26 Å². The molecule has 1 N–H and O–H groups in total. The molecule has 0 spiro atoms. The first kappa shape index (κ1) is 18.7. The maximum atomic E-state index is 12.8. The van der Waals surface area contributed by atoms with E-state index in [-0.39, 0.29) is 24.1 Å². The van der Waals surface area contributed by atoms with Crippen molar-refractivity contribution in [1.82, 2.24) is 0 Å². The van der Waals surface area contributed by atoms with Crippen LogP contribution in [0.1, 0.15) is 5.56 Å². The summed E-state index contributed by atoms with van der Waals surface area (Å²) in [5.41, 5.74) is 1.22. The number of nitrogens with one attached hydrogen (secondary N) is 1.